The van der Waals surface area contributed by atoms with Gasteiger partial charge < -0.3 is 15.5 Å². The molecule has 1 aromatic carbocycles. The van der Waals surface area contributed by atoms with Gasteiger partial charge >= 0.3 is 5.97 Å². The monoisotopic (exact) mass is 527 g/mol. The van der Waals surface area contributed by atoms with Crippen LogP contribution >= 0.6 is 0 Å². The van der Waals surface area contributed by atoms with E-state index in [1.165, 1.54) is 0 Å². The summed E-state index contributed by atoms with van der Waals surface area (Å²) in [6.45, 7) is 13.6. The quantitative estimate of drug-likeness (QED) is 0.319. The van der Waals surface area contributed by atoms with Crippen molar-refractivity contribution in [1.82, 2.24) is 10.2 Å². The standard InChI is InChI=1S/C31H49N3O4/c1-7-8-9-26(22-10-12-23(13-11-22)28(37)32-19-16-27(35)36)34-29(38)25(20-21(2)3)33-31(34)17-14-24(15-18-31)30(4,5)6/h10-13,21,24,26,29,38H,7-9,14-20H2,1-6H3,(H,32,37)(H,35,36)/t24?,26-,29?,31?/m1/s1. The lowest BCUT2D eigenvalue weighted by Crippen LogP contribution is -2.53. The van der Waals surface area contributed by atoms with E-state index in [1.54, 1.807) is 0 Å². The first-order valence-electron chi connectivity index (χ1n) is 14.5. The Labute approximate surface area is 229 Å². The van der Waals surface area contributed by atoms with Gasteiger partial charge in [0.15, 0.2) is 0 Å². The Balaban J connectivity index is 1.90. The molecule has 1 amide bonds. The number of hydrogen-bond acceptors (Lipinski definition) is 5. The fourth-order valence-electron chi connectivity index (χ4n) is 6.22. The molecule has 0 bridgehead atoms. The van der Waals surface area contributed by atoms with Crippen LogP contribution in [0.15, 0.2) is 29.3 Å². The maximum atomic E-state index is 12.5. The summed E-state index contributed by atoms with van der Waals surface area (Å²) in [7, 11) is 0. The molecule has 7 heteroatoms. The Morgan fingerprint density at radius 3 is 2.32 bits per heavy atom. The predicted octanol–water partition coefficient (Wildman–Crippen LogP) is 6.18. The van der Waals surface area contributed by atoms with Crippen LogP contribution in [0.2, 0.25) is 0 Å². The van der Waals surface area contributed by atoms with Crippen LogP contribution < -0.4 is 5.32 Å². The average molecular weight is 528 g/mol. The zero-order valence-electron chi connectivity index (χ0n) is 24.3. The fraction of sp³-hybridized carbons (Fsp3) is 0.710. The molecule has 1 heterocycles. The van der Waals surface area contributed by atoms with Crippen LogP contribution in [0.5, 0.6) is 0 Å². The molecule has 0 radical (unpaired) electrons. The number of carboxylic acid groups (broad SMARTS) is 1. The molecule has 0 aromatic heterocycles. The number of benzene rings is 1. The van der Waals surface area contributed by atoms with Gasteiger partial charge in [0.1, 0.15) is 11.9 Å². The van der Waals surface area contributed by atoms with Crippen molar-refractivity contribution in [3.05, 3.63) is 35.4 Å². The molecule has 1 saturated carbocycles. The summed E-state index contributed by atoms with van der Waals surface area (Å²) in [4.78, 5) is 30.9. The molecule has 1 aliphatic carbocycles. The van der Waals surface area contributed by atoms with Crippen LogP contribution in [0.25, 0.3) is 0 Å². The maximum Gasteiger partial charge on any atom is 0.305 e. The topological polar surface area (TPSA) is 102 Å². The van der Waals surface area contributed by atoms with Gasteiger partial charge in [0, 0.05) is 18.2 Å². The predicted molar refractivity (Wildman–Crippen MR) is 152 cm³/mol. The van der Waals surface area contributed by atoms with E-state index in [9.17, 15) is 14.7 Å². The lowest BCUT2D eigenvalue weighted by Gasteiger charge is -2.48. The minimum Gasteiger partial charge on any atom is -0.481 e. The highest BCUT2D eigenvalue weighted by Gasteiger charge is 2.52. The van der Waals surface area contributed by atoms with Gasteiger partial charge in [-0.25, -0.2) is 4.90 Å². The second kappa shape index (κ2) is 12.7. The first-order chi connectivity index (χ1) is 17.9. The van der Waals surface area contributed by atoms with Crippen molar-refractivity contribution in [3.8, 4) is 0 Å². The lowest BCUT2D eigenvalue weighted by atomic mass is 9.69. The summed E-state index contributed by atoms with van der Waals surface area (Å²) in [6, 6.07) is 7.61. The summed E-state index contributed by atoms with van der Waals surface area (Å²) >= 11 is 0. The first kappa shape index (κ1) is 30.3. The number of aliphatic hydroxyl groups excluding tert-OH is 1. The van der Waals surface area contributed by atoms with Gasteiger partial charge in [0.2, 0.25) is 0 Å². The Morgan fingerprint density at radius 1 is 1.16 bits per heavy atom. The molecule has 1 aromatic rings. The fourth-order valence-corrected chi connectivity index (χ4v) is 6.22. The molecule has 212 valence electrons. The average Bonchev–Trinajstić information content (AvgIpc) is 3.09. The highest BCUT2D eigenvalue weighted by molar-refractivity contribution is 5.94. The number of carbonyl (C=O) groups is 2. The Hall–Kier alpha value is -2.25. The number of hydrogen-bond donors (Lipinski definition) is 3. The Bertz CT molecular complexity index is 972. The zero-order valence-corrected chi connectivity index (χ0v) is 24.3. The third-order valence-corrected chi connectivity index (χ3v) is 8.37. The first-order valence-corrected chi connectivity index (χ1v) is 14.5. The molecule has 1 unspecified atom stereocenters. The number of carboxylic acids is 1. The van der Waals surface area contributed by atoms with Gasteiger partial charge in [-0.05, 0) is 73.5 Å². The van der Waals surface area contributed by atoms with Crippen molar-refractivity contribution >= 4 is 17.6 Å². The second-order valence-electron chi connectivity index (χ2n) is 12.8. The molecule has 38 heavy (non-hydrogen) atoms. The number of nitrogens with zero attached hydrogens (tertiary/aromatic N) is 2. The van der Waals surface area contributed by atoms with Crippen molar-refractivity contribution in [2.45, 2.75) is 117 Å². The van der Waals surface area contributed by atoms with E-state index >= 15 is 0 Å². The van der Waals surface area contributed by atoms with Crippen molar-refractivity contribution < 1.29 is 19.8 Å². The molecule has 1 aliphatic heterocycles. The van der Waals surface area contributed by atoms with E-state index in [2.05, 4.69) is 51.8 Å². The zero-order chi connectivity index (χ0) is 28.1. The third-order valence-electron chi connectivity index (χ3n) is 8.37. The van der Waals surface area contributed by atoms with Crippen molar-refractivity contribution in [1.29, 1.82) is 0 Å². The summed E-state index contributed by atoms with van der Waals surface area (Å²) in [6.07, 6.45) is 7.07. The van der Waals surface area contributed by atoms with Crippen molar-refractivity contribution in [3.63, 3.8) is 0 Å². The number of rotatable bonds is 11. The van der Waals surface area contributed by atoms with Crippen LogP contribution in [0.3, 0.4) is 0 Å². The van der Waals surface area contributed by atoms with E-state index < -0.39 is 17.9 Å². The molecule has 3 rings (SSSR count). The van der Waals surface area contributed by atoms with E-state index in [4.69, 9.17) is 10.1 Å². The van der Waals surface area contributed by atoms with Gasteiger partial charge in [-0.15, -0.1) is 0 Å². The largest absolute Gasteiger partial charge is 0.481 e. The number of aliphatic carboxylic acids is 1. The molecule has 7 nitrogen and oxygen atoms in total. The minimum absolute atomic E-state index is 0.00586. The number of unbranched alkanes of at least 4 members (excludes halogenated alkanes) is 1. The maximum absolute atomic E-state index is 12.5. The van der Waals surface area contributed by atoms with Crippen molar-refractivity contribution in [2.24, 2.45) is 22.2 Å². The molecule has 1 fully saturated rings. The normalized spacial score (nSPS) is 25.0. The Morgan fingerprint density at radius 2 is 1.79 bits per heavy atom. The number of carbonyl (C=O) groups excluding carboxylic acids is 1. The van der Waals surface area contributed by atoms with Gasteiger partial charge in [-0.1, -0.05) is 66.5 Å². The second-order valence-corrected chi connectivity index (χ2v) is 12.8. The van der Waals surface area contributed by atoms with E-state index in [0.29, 0.717) is 17.4 Å². The summed E-state index contributed by atoms with van der Waals surface area (Å²) in [5, 5.41) is 23.2. The van der Waals surface area contributed by atoms with Gasteiger partial charge in [-0.3, -0.25) is 14.6 Å². The van der Waals surface area contributed by atoms with Gasteiger partial charge in [-0.2, -0.15) is 0 Å². The molecular weight excluding hydrogens is 478 g/mol. The molecule has 2 atom stereocenters. The number of aliphatic imine (C=N–C) groups is 1. The van der Waals surface area contributed by atoms with Crippen LogP contribution in [0.4, 0.5) is 0 Å². The number of aliphatic hydroxyl groups is 1. The smallest absolute Gasteiger partial charge is 0.305 e. The van der Waals surface area contributed by atoms with E-state index in [0.717, 1.165) is 62.6 Å². The molecule has 1 spiro atoms. The van der Waals surface area contributed by atoms with E-state index in [-0.39, 0.29) is 30.3 Å². The SMILES string of the molecule is CCCC[C@H](c1ccc(C(=O)NCCC(=O)O)cc1)N1C(O)C(CC(C)C)=NC12CCC(C(C)(C)C)CC2. The molecule has 0 saturated heterocycles. The third kappa shape index (κ3) is 7.23. The highest BCUT2D eigenvalue weighted by Crippen LogP contribution is 2.50. The number of nitrogens with one attached hydrogen (secondary N) is 1. The van der Waals surface area contributed by atoms with Crippen LogP contribution in [0.1, 0.15) is 121 Å². The van der Waals surface area contributed by atoms with Crippen molar-refractivity contribution in [2.75, 3.05) is 6.54 Å². The van der Waals surface area contributed by atoms with Crippen LogP contribution in [-0.2, 0) is 4.79 Å². The Kier molecular flexibility index (Phi) is 10.2. The lowest BCUT2D eigenvalue weighted by molar-refractivity contribution is -0.136. The molecular formula is C31H49N3O4. The summed E-state index contributed by atoms with van der Waals surface area (Å²) < 4.78 is 0. The molecule has 2 aliphatic rings. The van der Waals surface area contributed by atoms with E-state index in [1.807, 2.05) is 24.3 Å². The summed E-state index contributed by atoms with van der Waals surface area (Å²) in [5.74, 6) is -0.152. The highest BCUT2D eigenvalue weighted by atomic mass is 16.4. The van der Waals surface area contributed by atoms with Crippen LogP contribution in [-0.4, -0.2) is 51.1 Å². The molecule has 3 N–H and O–H groups in total. The summed E-state index contributed by atoms with van der Waals surface area (Å²) in [5.41, 5.74) is 2.36. The van der Waals surface area contributed by atoms with Crippen LogP contribution in [0, 0.1) is 17.3 Å². The van der Waals surface area contributed by atoms with Gasteiger partial charge in [0.25, 0.3) is 5.91 Å². The number of amides is 1. The minimum atomic E-state index is -0.937. The van der Waals surface area contributed by atoms with Gasteiger partial charge in [0.05, 0.1) is 12.1 Å².